The van der Waals surface area contributed by atoms with Crippen LogP contribution in [0.25, 0.3) is 0 Å². The first-order chi connectivity index (χ1) is 49.6. The number of aryl methyl sites for hydroxylation is 3. The minimum Gasteiger partial charge on any atom is -0.346 e. The minimum atomic E-state index is -0.700. The zero-order valence-corrected chi connectivity index (χ0v) is 63.8. The zero-order valence-electron chi connectivity index (χ0n) is 63.8. The van der Waals surface area contributed by atoms with Gasteiger partial charge in [-0.25, -0.2) is 13.2 Å². The second-order valence-electron chi connectivity index (χ2n) is 30.1. The van der Waals surface area contributed by atoms with E-state index in [4.69, 9.17) is 0 Å². The molecule has 5 aliphatic rings. The number of hydrogen-bond acceptors (Lipinski definition) is 13. The third kappa shape index (κ3) is 19.0. The van der Waals surface area contributed by atoms with E-state index in [9.17, 15) is 56.3 Å². The molecule has 0 spiro atoms. The van der Waals surface area contributed by atoms with Crippen LogP contribution in [0, 0.1) is 79.8 Å². The number of hydrogen-bond donors (Lipinski definition) is 6. The maximum Gasteiger partial charge on any atom is 0.294 e. The lowest BCUT2D eigenvalue weighted by molar-refractivity contribution is -0.119. The molecule has 6 aromatic rings. The molecule has 0 bridgehead atoms. The van der Waals surface area contributed by atoms with E-state index in [0.717, 1.165) is 78.0 Å². The van der Waals surface area contributed by atoms with Crippen LogP contribution < -0.4 is 31.9 Å². The lowest BCUT2D eigenvalue weighted by atomic mass is 9.89. The molecule has 11 rings (SSSR count). The average molecular weight is 1450 g/mol. The van der Waals surface area contributed by atoms with Gasteiger partial charge >= 0.3 is 0 Å². The number of ketones is 3. The van der Waals surface area contributed by atoms with Gasteiger partial charge in [0.05, 0.1) is 33.8 Å². The fourth-order valence-corrected chi connectivity index (χ4v) is 15.5. The molecule has 0 radical (unpaired) electrons. The minimum absolute atomic E-state index is 0.0149. The SMILES string of the molecule is Cc1cc(NC(=O)c2c(C)c(C(=O)C(=O)NC(C)(C)CN3CCN(C)CC3)n(C)c2C)ccc1F.Cc1cc(NC(=O)c2c(C)c(C(=O)C(=O)NC3CCN(C4CCC4)CC3)n(C)c2C)ccc1F.Cc1cc(NC(=O)c2c(C)c(C(=O)C(=O)NC3CCN(C4CCCCC4)CC3)n(C)c2C)ccc1F. The zero-order chi connectivity index (χ0) is 76.6. The number of rotatable bonds is 19. The molecule has 3 aliphatic heterocycles. The lowest BCUT2D eigenvalue weighted by Gasteiger charge is -2.41. The van der Waals surface area contributed by atoms with Crippen molar-refractivity contribution in [2.45, 2.75) is 183 Å². The summed E-state index contributed by atoms with van der Waals surface area (Å²) in [5, 5.41) is 17.0. The number of benzene rings is 3. The highest BCUT2D eigenvalue weighted by Gasteiger charge is 2.37. The van der Waals surface area contributed by atoms with Gasteiger partial charge < -0.3 is 60.3 Å². The predicted molar refractivity (Wildman–Crippen MR) is 401 cm³/mol. The maximum absolute atomic E-state index is 13.6. The Bertz CT molecular complexity index is 4290. The molecule has 6 N–H and O–H groups in total. The van der Waals surface area contributed by atoms with E-state index in [1.165, 1.54) is 87.8 Å². The topological polar surface area (TPSA) is 254 Å². The highest BCUT2D eigenvalue weighted by Crippen LogP contribution is 2.31. The van der Waals surface area contributed by atoms with Crippen molar-refractivity contribution in [3.63, 3.8) is 0 Å². The highest BCUT2D eigenvalue weighted by atomic mass is 19.1. The van der Waals surface area contributed by atoms with Gasteiger partial charge in [-0.3, -0.25) is 48.1 Å². The van der Waals surface area contributed by atoms with Crippen LogP contribution in [0.15, 0.2) is 54.6 Å². The smallest absolute Gasteiger partial charge is 0.294 e. The van der Waals surface area contributed by atoms with Crippen molar-refractivity contribution in [1.82, 2.24) is 49.3 Å². The molecule has 5 fully saturated rings. The van der Waals surface area contributed by atoms with Gasteiger partial charge in [-0.2, -0.15) is 0 Å². The molecular weight excluding hydrogens is 1340 g/mol. The second-order valence-corrected chi connectivity index (χ2v) is 30.1. The molecule has 3 aromatic carbocycles. The number of anilines is 3. The summed E-state index contributed by atoms with van der Waals surface area (Å²) in [5.41, 5.74) is 6.71. The Morgan fingerprint density at radius 3 is 1.03 bits per heavy atom. The Kier molecular flexibility index (Phi) is 26.3. The van der Waals surface area contributed by atoms with E-state index in [2.05, 4.69) is 58.5 Å². The summed E-state index contributed by atoms with van der Waals surface area (Å²) in [5.74, 6) is -6.20. The van der Waals surface area contributed by atoms with Crippen LogP contribution in [0.1, 0.15) is 204 Å². The Morgan fingerprint density at radius 1 is 0.410 bits per heavy atom. The number of carbonyl (C=O) groups is 9. The summed E-state index contributed by atoms with van der Waals surface area (Å²) < 4.78 is 45.5. The van der Waals surface area contributed by atoms with E-state index < -0.39 is 58.3 Å². The first-order valence-electron chi connectivity index (χ1n) is 36.8. The Balaban J connectivity index is 0.000000182. The first kappa shape index (κ1) is 80.1. The van der Waals surface area contributed by atoms with E-state index >= 15 is 0 Å². The van der Waals surface area contributed by atoms with Crippen LogP contribution >= 0.6 is 0 Å². The molecule has 3 saturated heterocycles. The van der Waals surface area contributed by atoms with E-state index in [1.54, 1.807) is 115 Å². The largest absolute Gasteiger partial charge is 0.346 e. The molecule has 0 unspecified atom stereocenters. The van der Waals surface area contributed by atoms with Gasteiger partial charge in [0.2, 0.25) is 0 Å². The number of likely N-dealkylation sites (tertiary alicyclic amines) is 2. The van der Waals surface area contributed by atoms with Crippen LogP contribution in [0.4, 0.5) is 30.2 Å². The van der Waals surface area contributed by atoms with Gasteiger partial charge in [-0.15, -0.1) is 0 Å². The standard InChI is InChI=1S/C28H37FN4O3.C26H36FN5O3.C26H33FN4O3/c1-17-16-21(10-11-23(17)29)31-27(35)24-18(2)25(32(4)19(24)3)26(34)28(36)30-20-12-14-33(15-13-20)22-8-6-5-7-9-22;1-16-14-19(8-9-20(16)27)28-24(34)21-17(2)22(31(7)18(21)3)23(33)25(35)29-26(4,5)15-32-12-10-30(6)11-13-32;1-15-14-19(8-9-21(15)27)29-25(33)22-16(2)23(30(4)17(22)3)24(32)26(34)28-18-10-12-31(13-11-18)20-6-5-7-20/h10-11,16,20,22H,5-9,12-15H2,1-4H3,(H,30,36)(H,31,35);8-9,14H,10-13,15H2,1-7H3,(H,28,34)(H,29,35);8-9,14,18,20H,5-7,10-13H2,1-4H3,(H,28,34)(H,29,33). The molecule has 2 saturated carbocycles. The molecule has 0 atom stereocenters. The summed E-state index contributed by atoms with van der Waals surface area (Å²) in [6, 6.07) is 14.3. The Hall–Kier alpha value is -9.04. The molecule has 3 aromatic heterocycles. The highest BCUT2D eigenvalue weighted by molar-refractivity contribution is 6.44. The van der Waals surface area contributed by atoms with Gasteiger partial charge in [-0.1, -0.05) is 25.7 Å². The quantitative estimate of drug-likeness (QED) is 0.0326. The Morgan fingerprint density at radius 2 is 0.724 bits per heavy atom. The van der Waals surface area contributed by atoms with Crippen molar-refractivity contribution in [3.8, 4) is 0 Å². The predicted octanol–water partition coefficient (Wildman–Crippen LogP) is 10.8. The van der Waals surface area contributed by atoms with Crippen LogP contribution in [0.5, 0.6) is 0 Å². The van der Waals surface area contributed by atoms with Gasteiger partial charge in [-0.05, 0) is 223 Å². The molecule has 2 aliphatic carbocycles. The number of Topliss-reactive ketones (excluding diaryl/α,β-unsaturated/α-hetero) is 3. The average Bonchev–Trinajstić information content (AvgIpc) is 1.64. The first-order valence-corrected chi connectivity index (χ1v) is 36.8. The molecular formula is C80H106F3N13O9. The monoisotopic (exact) mass is 1450 g/mol. The molecule has 105 heavy (non-hydrogen) atoms. The molecule has 6 amide bonds. The number of piperidine rings is 2. The maximum atomic E-state index is 13.6. The number of likely N-dealkylation sites (N-methyl/N-ethyl adjacent to an activating group) is 1. The summed E-state index contributed by atoms with van der Waals surface area (Å²) in [7, 11) is 7.11. The molecule has 566 valence electrons. The number of amides is 6. The number of nitrogens with zero attached hydrogens (tertiary/aromatic N) is 7. The van der Waals surface area contributed by atoms with Gasteiger partial charge in [0, 0.05) is 144 Å². The van der Waals surface area contributed by atoms with Crippen molar-refractivity contribution in [2.24, 2.45) is 21.1 Å². The van der Waals surface area contributed by atoms with Crippen molar-refractivity contribution >= 4 is 69.9 Å². The van der Waals surface area contributed by atoms with E-state index in [-0.39, 0.29) is 46.6 Å². The van der Waals surface area contributed by atoms with Gasteiger partial charge in [0.15, 0.2) is 0 Å². The van der Waals surface area contributed by atoms with Crippen molar-refractivity contribution < 1.29 is 56.3 Å². The number of nitrogens with one attached hydrogen (secondary N) is 6. The van der Waals surface area contributed by atoms with Crippen molar-refractivity contribution in [2.75, 3.05) is 81.9 Å². The summed E-state index contributed by atoms with van der Waals surface area (Å²) in [6.45, 7) is 27.1. The van der Waals surface area contributed by atoms with Gasteiger partial charge in [0.25, 0.3) is 52.8 Å². The van der Waals surface area contributed by atoms with Crippen LogP contribution in [0.3, 0.4) is 0 Å². The molecule has 25 heteroatoms. The number of aromatic nitrogens is 3. The number of carbonyl (C=O) groups excluding carboxylic acids is 9. The molecule has 22 nitrogen and oxygen atoms in total. The number of piperazine rings is 1. The second kappa shape index (κ2) is 34.5. The van der Waals surface area contributed by atoms with Crippen LogP contribution in [-0.2, 0) is 35.5 Å². The summed E-state index contributed by atoms with van der Waals surface area (Å²) in [4.78, 5) is 127. The normalized spacial score (nSPS) is 16.7. The fourth-order valence-electron chi connectivity index (χ4n) is 15.5. The van der Waals surface area contributed by atoms with Crippen molar-refractivity contribution in [3.05, 3.63) is 156 Å². The van der Waals surface area contributed by atoms with Gasteiger partial charge in [0.1, 0.15) is 17.5 Å². The third-order valence-corrected chi connectivity index (χ3v) is 22.1. The summed E-state index contributed by atoms with van der Waals surface area (Å²) in [6.07, 6.45) is 13.6. The fraction of sp³-hybridized carbons (Fsp3) is 0.512. The molecule has 6 heterocycles. The Labute approximate surface area is 614 Å². The van der Waals surface area contributed by atoms with E-state index in [0.29, 0.717) is 103 Å². The number of halogens is 3. The summed E-state index contributed by atoms with van der Waals surface area (Å²) >= 11 is 0. The van der Waals surface area contributed by atoms with E-state index in [1.807, 2.05) is 13.8 Å². The van der Waals surface area contributed by atoms with Crippen LogP contribution in [-0.4, -0.2) is 182 Å². The van der Waals surface area contributed by atoms with Crippen LogP contribution in [0.2, 0.25) is 0 Å². The van der Waals surface area contributed by atoms with Crippen molar-refractivity contribution in [1.29, 1.82) is 0 Å². The lowest BCUT2D eigenvalue weighted by Crippen LogP contribution is -2.56. The third-order valence-electron chi connectivity index (χ3n) is 22.1.